The van der Waals surface area contributed by atoms with E-state index in [1.54, 1.807) is 47.0 Å². The first-order chi connectivity index (χ1) is 10.9. The van der Waals surface area contributed by atoms with Crippen LogP contribution in [0.5, 0.6) is 11.5 Å². The van der Waals surface area contributed by atoms with E-state index in [9.17, 15) is 4.79 Å². The molecule has 0 saturated heterocycles. The molecule has 0 saturated carbocycles. The van der Waals surface area contributed by atoms with Crippen molar-refractivity contribution in [1.82, 2.24) is 9.97 Å². The molecule has 1 aromatic heterocycles. The highest BCUT2D eigenvalue weighted by atomic mass is 127. The number of rotatable bonds is 6. The van der Waals surface area contributed by atoms with Crippen LogP contribution in [0.4, 0.5) is 11.8 Å². The van der Waals surface area contributed by atoms with E-state index in [-0.39, 0.29) is 5.95 Å². The number of carbonyl (C=O) groups is 1. The van der Waals surface area contributed by atoms with Crippen molar-refractivity contribution in [3.8, 4) is 11.5 Å². The van der Waals surface area contributed by atoms with Gasteiger partial charge >= 0.3 is 5.97 Å². The van der Waals surface area contributed by atoms with Crippen molar-refractivity contribution in [3.05, 3.63) is 35.5 Å². The fraction of sp³-hybridized carbons (Fsp3) is 0.214. The van der Waals surface area contributed by atoms with Crippen molar-refractivity contribution < 1.29 is 19.4 Å². The zero-order valence-corrected chi connectivity index (χ0v) is 14.4. The number of carboxylic acid groups (broad SMARTS) is 1. The number of hydrogen-bond acceptors (Lipinski definition) is 7. The maximum Gasteiger partial charge on any atom is 0.355 e. The molecule has 0 radical (unpaired) electrons. The van der Waals surface area contributed by atoms with Crippen molar-refractivity contribution in [1.29, 1.82) is 0 Å². The molecule has 9 heteroatoms. The number of nitrogens with zero attached hydrogens (tertiary/aromatic N) is 2. The van der Waals surface area contributed by atoms with Crippen LogP contribution in [0.15, 0.2) is 24.4 Å². The predicted molar refractivity (Wildman–Crippen MR) is 92.7 cm³/mol. The Labute approximate surface area is 146 Å². The normalized spacial score (nSPS) is 11.7. The summed E-state index contributed by atoms with van der Waals surface area (Å²) < 4.78 is 9.58. The first-order valence-corrected chi connectivity index (χ1v) is 7.72. The van der Waals surface area contributed by atoms with E-state index in [1.165, 1.54) is 7.11 Å². The van der Waals surface area contributed by atoms with Crippen LogP contribution < -0.4 is 20.9 Å². The molecule has 5 N–H and O–H groups in total. The summed E-state index contributed by atoms with van der Waals surface area (Å²) in [6, 6.07) is 5.19. The predicted octanol–water partition coefficient (Wildman–Crippen LogP) is 1.46. The first kappa shape index (κ1) is 17.1. The molecule has 0 aliphatic heterocycles. The lowest BCUT2D eigenvalue weighted by Crippen LogP contribution is -2.19. The third-order valence-electron chi connectivity index (χ3n) is 2.96. The van der Waals surface area contributed by atoms with Gasteiger partial charge in [-0.3, -0.25) is 0 Å². The van der Waals surface area contributed by atoms with E-state index < -0.39 is 10.1 Å². The molecule has 1 atom stereocenters. The van der Waals surface area contributed by atoms with Gasteiger partial charge in [0, 0.05) is 18.2 Å². The minimum Gasteiger partial charge on any atom is -0.493 e. The molecule has 1 heterocycles. The summed E-state index contributed by atoms with van der Waals surface area (Å²) in [6.45, 7) is 0. The smallest absolute Gasteiger partial charge is 0.355 e. The number of nitrogens with two attached hydrogens (primary N) is 2. The summed E-state index contributed by atoms with van der Waals surface area (Å²) in [5, 5.41) is 8.90. The number of aromatic nitrogens is 2. The van der Waals surface area contributed by atoms with E-state index >= 15 is 0 Å². The van der Waals surface area contributed by atoms with Gasteiger partial charge in [-0.05, 0) is 40.3 Å². The monoisotopic (exact) mass is 430 g/mol. The Bertz CT molecular complexity index is 726. The zero-order valence-electron chi connectivity index (χ0n) is 12.2. The summed E-state index contributed by atoms with van der Waals surface area (Å²) in [4.78, 5) is 18.7. The highest BCUT2D eigenvalue weighted by molar-refractivity contribution is 14.1. The van der Waals surface area contributed by atoms with Gasteiger partial charge < -0.3 is 26.0 Å². The molecular weight excluding hydrogens is 415 g/mol. The van der Waals surface area contributed by atoms with Gasteiger partial charge in [-0.25, -0.2) is 9.78 Å². The maximum absolute atomic E-state index is 10.9. The molecule has 23 heavy (non-hydrogen) atoms. The summed E-state index contributed by atoms with van der Waals surface area (Å²) in [7, 11) is 1.48. The number of ether oxygens (including phenoxy) is 2. The Morgan fingerprint density at radius 1 is 1.39 bits per heavy atom. The number of halogens is 1. The van der Waals surface area contributed by atoms with Crippen LogP contribution in [0, 0.1) is 0 Å². The highest BCUT2D eigenvalue weighted by Crippen LogP contribution is 2.31. The van der Waals surface area contributed by atoms with Crippen molar-refractivity contribution >= 4 is 40.3 Å². The number of carboxylic acids is 1. The number of aliphatic carboxylic acids is 1. The lowest BCUT2D eigenvalue weighted by Gasteiger charge is -2.14. The largest absolute Gasteiger partial charge is 0.493 e. The van der Waals surface area contributed by atoms with Gasteiger partial charge in [0.2, 0.25) is 10.1 Å². The molecule has 0 fully saturated rings. The van der Waals surface area contributed by atoms with Gasteiger partial charge in [-0.15, -0.1) is 0 Å². The van der Waals surface area contributed by atoms with Gasteiger partial charge in [0.05, 0.1) is 7.11 Å². The lowest BCUT2D eigenvalue weighted by molar-refractivity contribution is -0.140. The number of nitrogen functional groups attached to an aromatic ring is 2. The third-order valence-corrected chi connectivity index (χ3v) is 3.75. The second-order valence-electron chi connectivity index (χ2n) is 4.57. The minimum absolute atomic E-state index is 0.120. The molecule has 0 amide bonds. The fourth-order valence-corrected chi connectivity index (χ4v) is 2.15. The zero-order chi connectivity index (χ0) is 17.0. The summed E-state index contributed by atoms with van der Waals surface area (Å²) >= 11 is 1.68. The van der Waals surface area contributed by atoms with E-state index in [0.717, 1.165) is 11.1 Å². The van der Waals surface area contributed by atoms with Gasteiger partial charge in [0.25, 0.3) is 0 Å². The number of methoxy groups -OCH3 is 1. The van der Waals surface area contributed by atoms with Crippen LogP contribution in [0.2, 0.25) is 0 Å². The molecule has 0 aliphatic rings. The molecule has 1 unspecified atom stereocenters. The van der Waals surface area contributed by atoms with Crippen LogP contribution in [-0.4, -0.2) is 32.3 Å². The van der Waals surface area contributed by atoms with Crippen LogP contribution in [0.25, 0.3) is 0 Å². The van der Waals surface area contributed by atoms with E-state index in [4.69, 9.17) is 26.0 Å². The lowest BCUT2D eigenvalue weighted by atomic mass is 10.1. The van der Waals surface area contributed by atoms with E-state index in [0.29, 0.717) is 23.7 Å². The van der Waals surface area contributed by atoms with Crippen LogP contribution in [-0.2, 0) is 11.2 Å². The highest BCUT2D eigenvalue weighted by Gasteiger charge is 2.17. The Balaban J connectivity index is 2.23. The van der Waals surface area contributed by atoms with Gasteiger partial charge in [-0.1, -0.05) is 6.07 Å². The van der Waals surface area contributed by atoms with E-state index in [2.05, 4.69) is 9.97 Å². The van der Waals surface area contributed by atoms with Gasteiger partial charge in [0.1, 0.15) is 5.82 Å². The standard InChI is InChI=1S/C14H15IN4O4/c1-22-10-5-7(2-3-9(10)23-11(15)13(20)21)4-8-6-18-14(17)19-12(8)16/h2-3,5-6,11H,4H2,1H3,(H,20,21)(H4,16,17,18,19). The van der Waals surface area contributed by atoms with Crippen molar-refractivity contribution in [3.63, 3.8) is 0 Å². The van der Waals surface area contributed by atoms with Gasteiger partial charge in [0.15, 0.2) is 11.5 Å². The number of benzene rings is 1. The molecular formula is C14H15IN4O4. The summed E-state index contributed by atoms with van der Waals surface area (Å²) in [6.07, 6.45) is 2.05. The second kappa shape index (κ2) is 7.31. The SMILES string of the molecule is COc1cc(Cc2cnc(N)nc2N)ccc1OC(I)C(=O)O. The third kappa shape index (κ3) is 4.34. The Hall–Kier alpha value is -2.30. The molecule has 2 rings (SSSR count). The summed E-state index contributed by atoms with van der Waals surface area (Å²) in [5.74, 6) is 0.146. The Morgan fingerprint density at radius 2 is 2.13 bits per heavy atom. The fourth-order valence-electron chi connectivity index (χ4n) is 1.87. The first-order valence-electron chi connectivity index (χ1n) is 6.48. The quantitative estimate of drug-likeness (QED) is 0.464. The van der Waals surface area contributed by atoms with Crippen molar-refractivity contribution in [2.24, 2.45) is 0 Å². The molecule has 8 nitrogen and oxygen atoms in total. The minimum atomic E-state index is -1.07. The molecule has 0 spiro atoms. The molecule has 0 bridgehead atoms. The molecule has 1 aromatic carbocycles. The average Bonchev–Trinajstić information content (AvgIpc) is 2.51. The average molecular weight is 430 g/mol. The maximum atomic E-state index is 10.9. The number of hydrogen-bond donors (Lipinski definition) is 3. The van der Waals surface area contributed by atoms with Crippen molar-refractivity contribution in [2.75, 3.05) is 18.6 Å². The molecule has 2 aromatic rings. The number of alkyl halides is 1. The Morgan fingerprint density at radius 3 is 2.74 bits per heavy atom. The topological polar surface area (TPSA) is 134 Å². The van der Waals surface area contributed by atoms with Gasteiger partial charge in [-0.2, -0.15) is 4.98 Å². The van der Waals surface area contributed by atoms with Crippen LogP contribution in [0.1, 0.15) is 11.1 Å². The Kier molecular flexibility index (Phi) is 5.42. The number of anilines is 2. The molecule has 0 aliphatic carbocycles. The van der Waals surface area contributed by atoms with Crippen molar-refractivity contribution in [2.45, 2.75) is 10.5 Å². The molecule has 122 valence electrons. The van der Waals surface area contributed by atoms with E-state index in [1.807, 2.05) is 0 Å². The van der Waals surface area contributed by atoms with Crippen LogP contribution >= 0.6 is 22.6 Å². The summed E-state index contributed by atoms with van der Waals surface area (Å²) in [5.41, 5.74) is 12.9. The second-order valence-corrected chi connectivity index (χ2v) is 5.70. The van der Waals surface area contributed by atoms with Crippen LogP contribution in [0.3, 0.4) is 0 Å².